The summed E-state index contributed by atoms with van der Waals surface area (Å²) in [4.78, 5) is 4.75. The van der Waals surface area contributed by atoms with E-state index in [9.17, 15) is 0 Å². The van der Waals surface area contributed by atoms with Gasteiger partial charge in [0.2, 0.25) is 0 Å². The number of amidine groups is 1. The summed E-state index contributed by atoms with van der Waals surface area (Å²) in [5.41, 5.74) is 0. The van der Waals surface area contributed by atoms with Gasteiger partial charge in [0, 0.05) is 18.3 Å². The van der Waals surface area contributed by atoms with Crippen LogP contribution in [0.5, 0.6) is 0 Å². The maximum absolute atomic E-state index is 4.75. The van der Waals surface area contributed by atoms with Crippen molar-refractivity contribution in [3.8, 4) is 0 Å². The first-order valence-corrected chi connectivity index (χ1v) is 7.59. The highest BCUT2D eigenvalue weighted by Crippen LogP contribution is 2.36. The van der Waals surface area contributed by atoms with Gasteiger partial charge in [-0.1, -0.05) is 32.5 Å². The Morgan fingerprint density at radius 2 is 2.06 bits per heavy atom. The second-order valence-electron chi connectivity index (χ2n) is 5.59. The van der Waals surface area contributed by atoms with Crippen LogP contribution < -0.4 is 5.32 Å². The number of thioether (sulfide) groups is 1. The number of nitrogens with zero attached hydrogens (tertiary/aromatic N) is 1. The average Bonchev–Trinajstić information content (AvgIpc) is 3.10. The lowest BCUT2D eigenvalue weighted by atomic mass is 10.0. The summed E-state index contributed by atoms with van der Waals surface area (Å²) in [7, 11) is 0. The summed E-state index contributed by atoms with van der Waals surface area (Å²) >= 11 is 1.90. The van der Waals surface area contributed by atoms with Gasteiger partial charge in [0.1, 0.15) is 0 Å². The second kappa shape index (κ2) is 5.44. The van der Waals surface area contributed by atoms with E-state index < -0.39 is 0 Å². The number of hydrogen-bond acceptors (Lipinski definition) is 2. The molecule has 2 rings (SSSR count). The molecule has 1 aliphatic carbocycles. The third-order valence-corrected chi connectivity index (χ3v) is 4.69. The van der Waals surface area contributed by atoms with Crippen molar-refractivity contribution in [3.63, 3.8) is 0 Å². The lowest BCUT2D eigenvalue weighted by Gasteiger charge is -2.28. The van der Waals surface area contributed by atoms with Crippen molar-refractivity contribution in [2.24, 2.45) is 22.7 Å². The molecular weight excluding hydrogens is 216 g/mol. The van der Waals surface area contributed by atoms with E-state index in [-0.39, 0.29) is 0 Å². The predicted molar refractivity (Wildman–Crippen MR) is 73.0 cm³/mol. The molecule has 0 radical (unpaired) electrons. The molecule has 0 aromatic carbocycles. The molecule has 1 heterocycles. The minimum Gasteiger partial charge on any atom is -0.362 e. The Morgan fingerprint density at radius 1 is 1.31 bits per heavy atom. The van der Waals surface area contributed by atoms with Gasteiger partial charge in [0.15, 0.2) is 5.17 Å². The van der Waals surface area contributed by atoms with Gasteiger partial charge in [-0.05, 0) is 37.0 Å². The molecule has 1 saturated heterocycles. The van der Waals surface area contributed by atoms with Crippen molar-refractivity contribution in [1.29, 1.82) is 0 Å². The first-order valence-electron chi connectivity index (χ1n) is 6.60. The maximum Gasteiger partial charge on any atom is 0.156 e. The molecule has 0 aromatic rings. The van der Waals surface area contributed by atoms with Gasteiger partial charge in [-0.3, -0.25) is 4.99 Å². The van der Waals surface area contributed by atoms with E-state index in [1.807, 2.05) is 11.8 Å². The van der Waals surface area contributed by atoms with E-state index in [1.165, 1.54) is 30.2 Å². The van der Waals surface area contributed by atoms with Crippen LogP contribution in [0.1, 0.15) is 40.0 Å². The summed E-state index contributed by atoms with van der Waals surface area (Å²) < 4.78 is 0. The Morgan fingerprint density at radius 3 is 2.69 bits per heavy atom. The van der Waals surface area contributed by atoms with Crippen molar-refractivity contribution < 1.29 is 0 Å². The summed E-state index contributed by atoms with van der Waals surface area (Å²) in [5.74, 6) is 3.70. The molecule has 0 aromatic heterocycles. The summed E-state index contributed by atoms with van der Waals surface area (Å²) in [6.45, 7) is 7.94. The van der Waals surface area contributed by atoms with Gasteiger partial charge in [0.25, 0.3) is 0 Å². The van der Waals surface area contributed by atoms with Crippen molar-refractivity contribution in [2.75, 3.05) is 12.3 Å². The molecule has 1 saturated carbocycles. The normalized spacial score (nSPS) is 30.5. The molecule has 1 aliphatic heterocycles. The summed E-state index contributed by atoms with van der Waals surface area (Å²) in [6.07, 6.45) is 4.14. The molecule has 2 nitrogen and oxygen atoms in total. The van der Waals surface area contributed by atoms with Crippen LogP contribution in [0.3, 0.4) is 0 Å². The van der Waals surface area contributed by atoms with E-state index in [0.717, 1.165) is 18.4 Å². The van der Waals surface area contributed by atoms with Crippen LogP contribution in [0.15, 0.2) is 4.99 Å². The van der Waals surface area contributed by atoms with E-state index in [1.54, 1.807) is 0 Å². The van der Waals surface area contributed by atoms with Crippen LogP contribution in [-0.2, 0) is 0 Å². The fraction of sp³-hybridized carbons (Fsp3) is 0.923. The Labute approximate surface area is 104 Å². The third-order valence-electron chi connectivity index (χ3n) is 3.73. The van der Waals surface area contributed by atoms with Crippen molar-refractivity contribution in [3.05, 3.63) is 0 Å². The van der Waals surface area contributed by atoms with Crippen LogP contribution in [0.4, 0.5) is 0 Å². The van der Waals surface area contributed by atoms with E-state index >= 15 is 0 Å². The highest BCUT2D eigenvalue weighted by Gasteiger charge is 2.28. The topological polar surface area (TPSA) is 24.4 Å². The highest BCUT2D eigenvalue weighted by atomic mass is 32.2. The van der Waals surface area contributed by atoms with Crippen LogP contribution in [-0.4, -0.2) is 23.5 Å². The van der Waals surface area contributed by atoms with Crippen LogP contribution in [0.2, 0.25) is 0 Å². The third kappa shape index (κ3) is 3.41. The van der Waals surface area contributed by atoms with Crippen LogP contribution >= 0.6 is 11.8 Å². The summed E-state index contributed by atoms with van der Waals surface area (Å²) in [6, 6.07) is 0.635. The quantitative estimate of drug-likeness (QED) is 0.816. The standard InChI is InChI=1S/C13H24N2S/c1-9(2)12-6-7-16-13(15-12)14-8-10(3)11-4-5-11/h9-12H,4-8H2,1-3H3,(H,14,15). The lowest BCUT2D eigenvalue weighted by molar-refractivity contribution is 0.441. The van der Waals surface area contributed by atoms with Gasteiger partial charge >= 0.3 is 0 Å². The molecule has 2 atom stereocenters. The van der Waals surface area contributed by atoms with Gasteiger partial charge in [0.05, 0.1) is 0 Å². The monoisotopic (exact) mass is 240 g/mol. The van der Waals surface area contributed by atoms with E-state index in [0.29, 0.717) is 12.0 Å². The number of hydrogen-bond donors (Lipinski definition) is 1. The van der Waals surface area contributed by atoms with E-state index in [4.69, 9.17) is 4.99 Å². The molecule has 0 amide bonds. The van der Waals surface area contributed by atoms with E-state index in [2.05, 4.69) is 26.1 Å². The van der Waals surface area contributed by atoms with Crippen LogP contribution in [0, 0.1) is 17.8 Å². The van der Waals surface area contributed by atoms with Crippen molar-refractivity contribution in [1.82, 2.24) is 5.32 Å². The Kier molecular flexibility index (Phi) is 4.17. The zero-order chi connectivity index (χ0) is 11.5. The minimum absolute atomic E-state index is 0.635. The molecule has 3 heteroatoms. The Balaban J connectivity index is 1.80. The fourth-order valence-corrected chi connectivity index (χ4v) is 3.15. The van der Waals surface area contributed by atoms with Crippen molar-refractivity contribution in [2.45, 2.75) is 46.1 Å². The van der Waals surface area contributed by atoms with Gasteiger partial charge in [-0.15, -0.1) is 0 Å². The molecule has 0 spiro atoms. The number of rotatable bonds is 4. The average molecular weight is 240 g/mol. The lowest BCUT2D eigenvalue weighted by Crippen LogP contribution is -2.41. The number of aliphatic imine (C=N–C) groups is 1. The largest absolute Gasteiger partial charge is 0.362 e. The zero-order valence-corrected chi connectivity index (χ0v) is 11.5. The predicted octanol–water partition coefficient (Wildman–Crippen LogP) is 3.14. The minimum atomic E-state index is 0.635. The van der Waals surface area contributed by atoms with Gasteiger partial charge in [-0.25, -0.2) is 0 Å². The molecule has 0 bridgehead atoms. The van der Waals surface area contributed by atoms with Gasteiger partial charge in [-0.2, -0.15) is 0 Å². The molecule has 2 aliphatic rings. The first-order chi connectivity index (χ1) is 7.66. The molecule has 16 heavy (non-hydrogen) atoms. The fourth-order valence-electron chi connectivity index (χ4n) is 2.19. The summed E-state index contributed by atoms with van der Waals surface area (Å²) in [5, 5.41) is 4.77. The SMILES string of the molecule is CC(C)C1CCSC(=NCC(C)C2CC2)N1. The maximum atomic E-state index is 4.75. The van der Waals surface area contributed by atoms with Crippen molar-refractivity contribution >= 4 is 16.9 Å². The molecule has 92 valence electrons. The second-order valence-corrected chi connectivity index (χ2v) is 6.68. The zero-order valence-electron chi connectivity index (χ0n) is 10.7. The Hall–Kier alpha value is -0.180. The first kappa shape index (κ1) is 12.3. The molecular formula is C13H24N2S. The van der Waals surface area contributed by atoms with Crippen LogP contribution in [0.25, 0.3) is 0 Å². The Bertz CT molecular complexity index is 259. The molecule has 1 N–H and O–H groups in total. The van der Waals surface area contributed by atoms with Gasteiger partial charge < -0.3 is 5.32 Å². The number of nitrogens with one attached hydrogen (secondary N) is 1. The highest BCUT2D eigenvalue weighted by molar-refractivity contribution is 8.13. The molecule has 2 unspecified atom stereocenters. The molecule has 2 fully saturated rings. The smallest absolute Gasteiger partial charge is 0.156 e.